The summed E-state index contributed by atoms with van der Waals surface area (Å²) in [6, 6.07) is 12.0. The molecule has 0 radical (unpaired) electrons. The second-order valence-electron chi connectivity index (χ2n) is 6.57. The van der Waals surface area contributed by atoms with E-state index in [1.165, 1.54) is 70.6 Å². The van der Waals surface area contributed by atoms with E-state index in [0.717, 1.165) is 12.8 Å². The first-order valence-electron chi connectivity index (χ1n) is 9.99. The van der Waals surface area contributed by atoms with Crippen LogP contribution in [0.1, 0.15) is 97.3 Å². The molecule has 24 heavy (non-hydrogen) atoms. The minimum absolute atomic E-state index is 0. The van der Waals surface area contributed by atoms with Gasteiger partial charge in [-0.05, 0) is 12.8 Å². The first kappa shape index (κ1) is 25.4. The van der Waals surface area contributed by atoms with Crippen LogP contribution in [-0.4, -0.2) is 16.7 Å². The zero-order chi connectivity index (χ0) is 17.0. The SMILES string of the molecule is CCCCCCCCCC(O)CCCCCC.O.c1ccccc1. The van der Waals surface area contributed by atoms with Crippen molar-refractivity contribution < 1.29 is 10.6 Å². The summed E-state index contributed by atoms with van der Waals surface area (Å²) in [7, 11) is 0. The van der Waals surface area contributed by atoms with Gasteiger partial charge in [0.1, 0.15) is 0 Å². The van der Waals surface area contributed by atoms with Crippen molar-refractivity contribution in [2.24, 2.45) is 0 Å². The Bertz CT molecular complexity index is 273. The summed E-state index contributed by atoms with van der Waals surface area (Å²) in [4.78, 5) is 0. The van der Waals surface area contributed by atoms with Crippen molar-refractivity contribution in [2.45, 2.75) is 103 Å². The molecule has 2 nitrogen and oxygen atoms in total. The maximum atomic E-state index is 9.79. The standard InChI is InChI=1S/C16H34O.C6H6.H2O/c1-3-5-7-9-10-11-13-15-16(17)14-12-8-6-4-2;1-2-4-6-5-3-1;/h16-17H,3-15H2,1-2H3;1-6H;1H2. The Hall–Kier alpha value is -0.860. The van der Waals surface area contributed by atoms with Crippen molar-refractivity contribution in [1.29, 1.82) is 0 Å². The third-order valence-electron chi connectivity index (χ3n) is 4.20. The van der Waals surface area contributed by atoms with Crippen LogP contribution in [-0.2, 0) is 0 Å². The van der Waals surface area contributed by atoms with E-state index in [0.29, 0.717) is 0 Å². The van der Waals surface area contributed by atoms with Gasteiger partial charge in [0.25, 0.3) is 0 Å². The minimum atomic E-state index is -0.0255. The van der Waals surface area contributed by atoms with Crippen LogP contribution in [0.4, 0.5) is 0 Å². The number of hydrogen-bond donors (Lipinski definition) is 1. The molecule has 0 heterocycles. The molecule has 1 aromatic carbocycles. The molecule has 0 aliphatic rings. The lowest BCUT2D eigenvalue weighted by atomic mass is 10.0. The summed E-state index contributed by atoms with van der Waals surface area (Å²) in [6.45, 7) is 4.49. The third-order valence-corrected chi connectivity index (χ3v) is 4.20. The van der Waals surface area contributed by atoms with Gasteiger partial charge >= 0.3 is 0 Å². The highest BCUT2D eigenvalue weighted by Gasteiger charge is 2.03. The molecular weight excluding hydrogens is 296 g/mol. The minimum Gasteiger partial charge on any atom is -0.412 e. The smallest absolute Gasteiger partial charge is 0.0540 e. The second-order valence-corrected chi connectivity index (χ2v) is 6.57. The van der Waals surface area contributed by atoms with E-state index in [-0.39, 0.29) is 11.6 Å². The highest BCUT2D eigenvalue weighted by Crippen LogP contribution is 2.13. The average molecular weight is 339 g/mol. The van der Waals surface area contributed by atoms with Crippen LogP contribution in [0, 0.1) is 0 Å². The van der Waals surface area contributed by atoms with Crippen molar-refractivity contribution in [2.75, 3.05) is 0 Å². The molecule has 1 aromatic rings. The predicted octanol–water partition coefficient (Wildman–Crippen LogP) is 6.32. The fourth-order valence-electron chi connectivity index (χ4n) is 2.67. The van der Waals surface area contributed by atoms with E-state index >= 15 is 0 Å². The van der Waals surface area contributed by atoms with Crippen LogP contribution in [0.3, 0.4) is 0 Å². The molecule has 0 saturated carbocycles. The largest absolute Gasteiger partial charge is 0.412 e. The second kappa shape index (κ2) is 22.1. The molecular formula is C22H42O2. The Morgan fingerprint density at radius 3 is 1.21 bits per heavy atom. The lowest BCUT2D eigenvalue weighted by molar-refractivity contribution is 0.147. The summed E-state index contributed by atoms with van der Waals surface area (Å²) in [5.41, 5.74) is 0. The number of hydrogen-bond acceptors (Lipinski definition) is 1. The van der Waals surface area contributed by atoms with Gasteiger partial charge in [0.15, 0.2) is 0 Å². The van der Waals surface area contributed by atoms with Gasteiger partial charge in [0.2, 0.25) is 0 Å². The van der Waals surface area contributed by atoms with Gasteiger partial charge < -0.3 is 10.6 Å². The van der Waals surface area contributed by atoms with E-state index in [9.17, 15) is 5.11 Å². The molecule has 0 bridgehead atoms. The van der Waals surface area contributed by atoms with E-state index < -0.39 is 0 Å². The van der Waals surface area contributed by atoms with Gasteiger partial charge in [-0.15, -0.1) is 0 Å². The molecule has 0 aliphatic heterocycles. The first-order chi connectivity index (χ1) is 11.3. The number of benzene rings is 1. The predicted molar refractivity (Wildman–Crippen MR) is 107 cm³/mol. The van der Waals surface area contributed by atoms with Crippen LogP contribution in [0.25, 0.3) is 0 Å². The molecule has 142 valence electrons. The topological polar surface area (TPSA) is 51.7 Å². The van der Waals surface area contributed by atoms with Gasteiger partial charge in [0.05, 0.1) is 6.10 Å². The Morgan fingerprint density at radius 2 is 0.833 bits per heavy atom. The fraction of sp³-hybridized carbons (Fsp3) is 0.727. The van der Waals surface area contributed by atoms with Crippen molar-refractivity contribution >= 4 is 0 Å². The van der Waals surface area contributed by atoms with Crippen molar-refractivity contribution in [3.63, 3.8) is 0 Å². The maximum absolute atomic E-state index is 9.79. The molecule has 1 rings (SSSR count). The van der Waals surface area contributed by atoms with E-state index in [1.807, 2.05) is 36.4 Å². The highest BCUT2D eigenvalue weighted by atomic mass is 16.3. The monoisotopic (exact) mass is 338 g/mol. The molecule has 0 fully saturated rings. The lowest BCUT2D eigenvalue weighted by Gasteiger charge is -2.09. The van der Waals surface area contributed by atoms with Crippen molar-refractivity contribution in [1.82, 2.24) is 0 Å². The van der Waals surface area contributed by atoms with Gasteiger partial charge in [0, 0.05) is 0 Å². The van der Waals surface area contributed by atoms with Gasteiger partial charge in [-0.25, -0.2) is 0 Å². The lowest BCUT2D eigenvalue weighted by Crippen LogP contribution is -2.05. The Balaban J connectivity index is 0. The summed E-state index contributed by atoms with van der Waals surface area (Å²) in [5.74, 6) is 0. The van der Waals surface area contributed by atoms with E-state index in [2.05, 4.69) is 13.8 Å². The summed E-state index contributed by atoms with van der Waals surface area (Å²) in [5, 5.41) is 9.79. The molecule has 0 saturated heterocycles. The fourth-order valence-corrected chi connectivity index (χ4v) is 2.67. The quantitative estimate of drug-likeness (QED) is 0.420. The van der Waals surface area contributed by atoms with Crippen LogP contribution in [0.2, 0.25) is 0 Å². The first-order valence-corrected chi connectivity index (χ1v) is 9.99. The van der Waals surface area contributed by atoms with Crippen LogP contribution < -0.4 is 0 Å². The molecule has 1 unspecified atom stereocenters. The van der Waals surface area contributed by atoms with Crippen LogP contribution in [0.15, 0.2) is 36.4 Å². The van der Waals surface area contributed by atoms with E-state index in [1.54, 1.807) is 0 Å². The van der Waals surface area contributed by atoms with Gasteiger partial charge in [-0.2, -0.15) is 0 Å². The van der Waals surface area contributed by atoms with Crippen LogP contribution >= 0.6 is 0 Å². The van der Waals surface area contributed by atoms with Crippen LogP contribution in [0.5, 0.6) is 0 Å². The highest BCUT2D eigenvalue weighted by molar-refractivity contribution is 4.99. The number of aliphatic hydroxyl groups excluding tert-OH is 1. The molecule has 2 heteroatoms. The average Bonchev–Trinajstić information content (AvgIpc) is 2.60. The number of aliphatic hydroxyl groups is 1. The molecule has 0 spiro atoms. The zero-order valence-corrected chi connectivity index (χ0v) is 16.2. The molecule has 0 aromatic heterocycles. The Labute approximate surface area is 151 Å². The third kappa shape index (κ3) is 21.1. The molecule has 3 N–H and O–H groups in total. The Kier molecular flexibility index (Phi) is 23.4. The summed E-state index contributed by atoms with van der Waals surface area (Å²) >= 11 is 0. The van der Waals surface area contributed by atoms with Crippen molar-refractivity contribution in [3.05, 3.63) is 36.4 Å². The van der Waals surface area contributed by atoms with Crippen molar-refractivity contribution in [3.8, 4) is 0 Å². The normalized spacial score (nSPS) is 11.1. The number of unbranched alkanes of at least 4 members (excludes halogenated alkanes) is 9. The molecule has 0 aliphatic carbocycles. The maximum Gasteiger partial charge on any atom is 0.0540 e. The zero-order valence-electron chi connectivity index (χ0n) is 16.2. The van der Waals surface area contributed by atoms with Gasteiger partial charge in [-0.1, -0.05) is 121 Å². The Morgan fingerprint density at radius 1 is 0.542 bits per heavy atom. The number of rotatable bonds is 13. The summed E-state index contributed by atoms with van der Waals surface area (Å²) in [6.07, 6.45) is 16.6. The summed E-state index contributed by atoms with van der Waals surface area (Å²) < 4.78 is 0. The molecule has 0 amide bonds. The molecule has 1 atom stereocenters. The van der Waals surface area contributed by atoms with E-state index in [4.69, 9.17) is 0 Å². The van der Waals surface area contributed by atoms with Gasteiger partial charge in [-0.3, -0.25) is 0 Å².